The van der Waals surface area contributed by atoms with E-state index in [4.69, 9.17) is 0 Å². The summed E-state index contributed by atoms with van der Waals surface area (Å²) in [6.07, 6.45) is 0.162. The van der Waals surface area contributed by atoms with Crippen molar-refractivity contribution >= 4 is 10.9 Å². The third-order valence-corrected chi connectivity index (χ3v) is 5.34. The first-order valence-corrected chi connectivity index (χ1v) is 10.1. The number of aryl methyl sites for hydroxylation is 1. The van der Waals surface area contributed by atoms with Gasteiger partial charge in [0, 0.05) is 30.4 Å². The molecule has 0 atom stereocenters. The molecule has 0 aliphatic heterocycles. The maximum atomic E-state index is 13.4. The van der Waals surface area contributed by atoms with E-state index in [0.717, 1.165) is 12.1 Å². The van der Waals surface area contributed by atoms with Crippen LogP contribution in [0.5, 0.6) is 5.75 Å². The molecular formula is C24H16F3N5O2. The van der Waals surface area contributed by atoms with E-state index in [2.05, 4.69) is 15.1 Å². The Bertz CT molecular complexity index is 1590. The minimum Gasteiger partial charge on any atom is -0.508 e. The van der Waals surface area contributed by atoms with Gasteiger partial charge in [0.1, 0.15) is 23.3 Å². The minimum absolute atomic E-state index is 0.0132. The smallest absolute Gasteiger partial charge is 0.416 e. The van der Waals surface area contributed by atoms with Crippen LogP contribution in [0.1, 0.15) is 5.56 Å². The van der Waals surface area contributed by atoms with Crippen LogP contribution in [0.2, 0.25) is 0 Å². The fourth-order valence-corrected chi connectivity index (χ4v) is 3.68. The second-order valence-corrected chi connectivity index (χ2v) is 7.67. The number of aromatic hydroxyl groups is 1. The number of hydrogen-bond donors (Lipinski definition) is 1. The van der Waals surface area contributed by atoms with E-state index >= 15 is 0 Å². The van der Waals surface area contributed by atoms with Crippen LogP contribution < -0.4 is 5.56 Å². The fourth-order valence-electron chi connectivity index (χ4n) is 3.68. The van der Waals surface area contributed by atoms with Crippen molar-refractivity contribution < 1.29 is 18.3 Å². The van der Waals surface area contributed by atoms with Gasteiger partial charge in [0.2, 0.25) is 0 Å². The molecular weight excluding hydrogens is 447 g/mol. The first-order valence-electron chi connectivity index (χ1n) is 10.1. The number of phenols is 1. The first kappa shape index (κ1) is 21.4. The first-order chi connectivity index (χ1) is 16.2. The maximum absolute atomic E-state index is 13.4. The minimum atomic E-state index is -4.46. The Balaban J connectivity index is 1.76. The summed E-state index contributed by atoms with van der Waals surface area (Å²) < 4.78 is 41.9. The molecule has 5 rings (SSSR count). The second kappa shape index (κ2) is 7.84. The standard InChI is InChI=1S/C24H16F3N5O2/c1-31-12-15(11-29-31)21-22-19(23(34)32(13-28-22)17-3-2-4-18(33)9-17)10-20(30-21)14-5-7-16(8-6-14)24(25,26)27/h2-13,33H,1H3. The quantitative estimate of drug-likeness (QED) is 0.424. The third kappa shape index (κ3) is 3.79. The van der Waals surface area contributed by atoms with Crippen LogP contribution >= 0.6 is 0 Å². The van der Waals surface area contributed by atoms with E-state index < -0.39 is 17.3 Å². The lowest BCUT2D eigenvalue weighted by molar-refractivity contribution is -0.137. The highest BCUT2D eigenvalue weighted by molar-refractivity contribution is 5.93. The Morgan fingerprint density at radius 2 is 1.76 bits per heavy atom. The number of fused-ring (bicyclic) bond motifs is 1. The number of alkyl halides is 3. The third-order valence-electron chi connectivity index (χ3n) is 5.34. The van der Waals surface area contributed by atoms with Gasteiger partial charge in [-0.2, -0.15) is 18.3 Å². The molecule has 0 spiro atoms. The number of benzene rings is 2. The summed E-state index contributed by atoms with van der Waals surface area (Å²) in [5.74, 6) is -0.0132. The van der Waals surface area contributed by atoms with E-state index in [1.165, 1.54) is 41.2 Å². The molecule has 0 radical (unpaired) electrons. The summed E-state index contributed by atoms with van der Waals surface area (Å²) in [6, 6.07) is 12.2. The van der Waals surface area contributed by atoms with Crippen molar-refractivity contribution in [1.29, 1.82) is 0 Å². The molecule has 1 N–H and O–H groups in total. The number of nitrogens with zero attached hydrogens (tertiary/aromatic N) is 5. The predicted molar refractivity (Wildman–Crippen MR) is 119 cm³/mol. The van der Waals surface area contributed by atoms with Crippen molar-refractivity contribution in [2.75, 3.05) is 0 Å². The van der Waals surface area contributed by atoms with Crippen molar-refractivity contribution in [1.82, 2.24) is 24.3 Å². The van der Waals surface area contributed by atoms with E-state index in [1.54, 1.807) is 36.3 Å². The normalized spacial score (nSPS) is 11.8. The number of rotatable bonds is 3. The van der Waals surface area contributed by atoms with Crippen LogP contribution in [-0.2, 0) is 13.2 Å². The SMILES string of the molecule is Cn1cc(-c2nc(-c3ccc(C(F)(F)F)cc3)cc3c(=O)n(-c4cccc(O)c4)cnc23)cn1. The molecule has 0 bridgehead atoms. The molecule has 3 aromatic heterocycles. The molecule has 10 heteroatoms. The molecule has 0 amide bonds. The van der Waals surface area contributed by atoms with E-state index in [9.17, 15) is 23.1 Å². The lowest BCUT2D eigenvalue weighted by atomic mass is 10.0. The summed E-state index contributed by atoms with van der Waals surface area (Å²) in [4.78, 5) is 22.5. The molecule has 0 saturated carbocycles. The monoisotopic (exact) mass is 463 g/mol. The van der Waals surface area contributed by atoms with Crippen LogP contribution in [0.3, 0.4) is 0 Å². The zero-order valence-corrected chi connectivity index (χ0v) is 17.7. The van der Waals surface area contributed by atoms with Crippen LogP contribution in [0.4, 0.5) is 13.2 Å². The van der Waals surface area contributed by atoms with Gasteiger partial charge in [-0.1, -0.05) is 18.2 Å². The summed E-state index contributed by atoms with van der Waals surface area (Å²) in [6.45, 7) is 0. The molecule has 0 fully saturated rings. The summed E-state index contributed by atoms with van der Waals surface area (Å²) in [5.41, 5.74) is 1.23. The van der Waals surface area contributed by atoms with Gasteiger partial charge in [-0.3, -0.25) is 14.0 Å². The highest BCUT2D eigenvalue weighted by Gasteiger charge is 2.30. The molecule has 0 aliphatic rings. The van der Waals surface area contributed by atoms with Gasteiger partial charge in [-0.25, -0.2) is 9.97 Å². The van der Waals surface area contributed by atoms with Gasteiger partial charge < -0.3 is 5.11 Å². The molecule has 2 aromatic carbocycles. The number of halogens is 3. The zero-order valence-electron chi connectivity index (χ0n) is 17.7. The Labute approximate surface area is 190 Å². The zero-order chi connectivity index (χ0) is 24.0. The number of pyridine rings is 1. The van der Waals surface area contributed by atoms with E-state index in [1.807, 2.05) is 0 Å². The van der Waals surface area contributed by atoms with Gasteiger partial charge in [0.15, 0.2) is 0 Å². The summed E-state index contributed by atoms with van der Waals surface area (Å²) in [7, 11) is 1.73. The van der Waals surface area contributed by atoms with Crippen LogP contribution in [-0.4, -0.2) is 29.4 Å². The number of hydrogen-bond acceptors (Lipinski definition) is 5. The largest absolute Gasteiger partial charge is 0.508 e. The van der Waals surface area contributed by atoms with Crippen LogP contribution in [0, 0.1) is 0 Å². The highest BCUT2D eigenvalue weighted by Crippen LogP contribution is 2.32. The van der Waals surface area contributed by atoms with Gasteiger partial charge in [0.05, 0.1) is 28.5 Å². The van der Waals surface area contributed by atoms with E-state index in [0.29, 0.717) is 33.7 Å². The Kier molecular flexibility index (Phi) is 4.93. The molecule has 170 valence electrons. The van der Waals surface area contributed by atoms with Crippen LogP contribution in [0.15, 0.2) is 78.1 Å². The van der Waals surface area contributed by atoms with Crippen molar-refractivity contribution in [3.8, 4) is 34.0 Å². The fraction of sp³-hybridized carbons (Fsp3) is 0.0833. The van der Waals surface area contributed by atoms with Crippen molar-refractivity contribution in [3.05, 3.63) is 89.2 Å². The molecule has 7 nitrogen and oxygen atoms in total. The average molecular weight is 463 g/mol. The van der Waals surface area contributed by atoms with Crippen molar-refractivity contribution in [3.63, 3.8) is 0 Å². The molecule has 0 unspecified atom stereocenters. The second-order valence-electron chi connectivity index (χ2n) is 7.67. The van der Waals surface area contributed by atoms with Gasteiger partial charge in [-0.15, -0.1) is 0 Å². The van der Waals surface area contributed by atoms with Gasteiger partial charge in [0.25, 0.3) is 5.56 Å². The van der Waals surface area contributed by atoms with Crippen LogP contribution in [0.25, 0.3) is 39.1 Å². The van der Waals surface area contributed by atoms with Gasteiger partial charge >= 0.3 is 6.18 Å². The highest BCUT2D eigenvalue weighted by atomic mass is 19.4. The topological polar surface area (TPSA) is 85.8 Å². The Hall–Kier alpha value is -4.47. The predicted octanol–water partition coefficient (Wildman–Crippen LogP) is 4.57. The molecule has 34 heavy (non-hydrogen) atoms. The molecule has 5 aromatic rings. The lowest BCUT2D eigenvalue weighted by Crippen LogP contribution is -2.19. The Morgan fingerprint density at radius 3 is 2.41 bits per heavy atom. The van der Waals surface area contributed by atoms with E-state index in [-0.39, 0.29) is 11.1 Å². The molecule has 0 aliphatic carbocycles. The lowest BCUT2D eigenvalue weighted by Gasteiger charge is -2.12. The van der Waals surface area contributed by atoms with Crippen molar-refractivity contribution in [2.45, 2.75) is 6.18 Å². The summed E-state index contributed by atoms with van der Waals surface area (Å²) in [5, 5.41) is 14.2. The van der Waals surface area contributed by atoms with Gasteiger partial charge in [-0.05, 0) is 30.3 Å². The molecule has 3 heterocycles. The van der Waals surface area contributed by atoms with Crippen molar-refractivity contribution in [2.24, 2.45) is 7.05 Å². The molecule has 0 saturated heterocycles. The average Bonchev–Trinajstić information content (AvgIpc) is 3.24. The number of aromatic nitrogens is 5. The summed E-state index contributed by atoms with van der Waals surface area (Å²) >= 11 is 0. The number of phenolic OH excluding ortho intramolecular Hbond substituents is 1. The maximum Gasteiger partial charge on any atom is 0.416 e. The Morgan fingerprint density at radius 1 is 1.00 bits per heavy atom.